The van der Waals surface area contributed by atoms with Crippen LogP contribution in [0.1, 0.15) is 45.9 Å². The van der Waals surface area contributed by atoms with Crippen LogP contribution in [0.2, 0.25) is 0 Å². The van der Waals surface area contributed by atoms with Crippen molar-refractivity contribution < 1.29 is 13.9 Å². The number of amides is 1. The number of aromatic nitrogens is 1. The maximum Gasteiger partial charge on any atom is 0.273 e. The smallest absolute Gasteiger partial charge is 0.273 e. The number of carbonyl (C=O) groups is 1. The number of nitrogens with zero attached hydrogens (tertiary/aromatic N) is 2. The summed E-state index contributed by atoms with van der Waals surface area (Å²) in [5.74, 6) is 0.311. The lowest BCUT2D eigenvalue weighted by Crippen LogP contribution is -2.32. The molecule has 2 heterocycles. The zero-order valence-electron chi connectivity index (χ0n) is 17.9. The number of benzene rings is 2. The summed E-state index contributed by atoms with van der Waals surface area (Å²) < 4.78 is 11.2. The first-order chi connectivity index (χ1) is 15.2. The van der Waals surface area contributed by atoms with E-state index < -0.39 is 0 Å². The first-order valence-electron chi connectivity index (χ1n) is 10.8. The summed E-state index contributed by atoms with van der Waals surface area (Å²) in [6.07, 6.45) is 3.57. The summed E-state index contributed by atoms with van der Waals surface area (Å²) in [6.45, 7) is 5.45. The zero-order chi connectivity index (χ0) is 21.5. The Labute approximate surface area is 183 Å². The fourth-order valence-electron chi connectivity index (χ4n) is 3.82. The lowest BCUT2D eigenvalue weighted by molar-refractivity contribution is 0.0853. The van der Waals surface area contributed by atoms with Crippen LogP contribution in [0.3, 0.4) is 0 Å². The standard InChI is InChI=1S/C25H29N3O3/c1-19-8-5-6-11-21(19)16-28(15-20-9-3-2-4-10-20)17-24-27-23(18-31-24)25(29)26-14-22-12-7-13-30-22/h2-6,8-11,18,22H,7,12-17H2,1H3,(H,26,29). The summed E-state index contributed by atoms with van der Waals surface area (Å²) in [7, 11) is 0. The van der Waals surface area contributed by atoms with Gasteiger partial charge < -0.3 is 14.5 Å². The minimum atomic E-state index is -0.223. The monoisotopic (exact) mass is 419 g/mol. The minimum absolute atomic E-state index is 0.103. The van der Waals surface area contributed by atoms with Crippen molar-refractivity contribution in [3.63, 3.8) is 0 Å². The normalized spacial score (nSPS) is 16.0. The van der Waals surface area contributed by atoms with E-state index in [1.807, 2.05) is 18.2 Å². The predicted molar refractivity (Wildman–Crippen MR) is 118 cm³/mol. The Balaban J connectivity index is 1.42. The van der Waals surface area contributed by atoms with Gasteiger partial charge in [-0.1, -0.05) is 54.6 Å². The van der Waals surface area contributed by atoms with Crippen molar-refractivity contribution in [3.05, 3.63) is 89.1 Å². The zero-order valence-corrected chi connectivity index (χ0v) is 17.9. The second kappa shape index (κ2) is 10.4. The van der Waals surface area contributed by atoms with Crippen LogP contribution >= 0.6 is 0 Å². The van der Waals surface area contributed by atoms with Crippen molar-refractivity contribution in [2.75, 3.05) is 13.2 Å². The highest BCUT2D eigenvalue weighted by Gasteiger charge is 2.19. The highest BCUT2D eigenvalue weighted by atomic mass is 16.5. The summed E-state index contributed by atoms with van der Waals surface area (Å²) in [4.78, 5) is 19.1. The van der Waals surface area contributed by atoms with Crippen LogP contribution in [-0.4, -0.2) is 35.0 Å². The Morgan fingerprint density at radius 3 is 2.68 bits per heavy atom. The van der Waals surface area contributed by atoms with Crippen LogP contribution in [0.5, 0.6) is 0 Å². The van der Waals surface area contributed by atoms with Crippen molar-refractivity contribution in [1.82, 2.24) is 15.2 Å². The van der Waals surface area contributed by atoms with E-state index in [9.17, 15) is 4.79 Å². The van der Waals surface area contributed by atoms with Crippen molar-refractivity contribution in [2.45, 2.75) is 45.5 Å². The maximum atomic E-state index is 12.4. The Bertz CT molecular complexity index is 980. The van der Waals surface area contributed by atoms with Crippen molar-refractivity contribution >= 4 is 5.91 Å². The average Bonchev–Trinajstić information content (AvgIpc) is 3.47. The van der Waals surface area contributed by atoms with Gasteiger partial charge in [-0.3, -0.25) is 9.69 Å². The predicted octanol–water partition coefficient (Wildman–Crippen LogP) is 4.09. The molecule has 31 heavy (non-hydrogen) atoms. The molecule has 4 rings (SSSR count). The molecule has 1 saturated heterocycles. The van der Waals surface area contributed by atoms with Gasteiger partial charge in [-0.05, 0) is 36.5 Å². The van der Waals surface area contributed by atoms with Gasteiger partial charge in [-0.25, -0.2) is 4.98 Å². The topological polar surface area (TPSA) is 67.6 Å². The molecule has 0 bridgehead atoms. The van der Waals surface area contributed by atoms with Crippen molar-refractivity contribution in [3.8, 4) is 0 Å². The Morgan fingerprint density at radius 2 is 1.90 bits per heavy atom. The summed E-state index contributed by atoms with van der Waals surface area (Å²) in [6, 6.07) is 18.7. The molecule has 162 valence electrons. The highest BCUT2D eigenvalue weighted by Crippen LogP contribution is 2.17. The second-order valence-electron chi connectivity index (χ2n) is 8.03. The first kappa shape index (κ1) is 21.3. The van der Waals surface area contributed by atoms with Gasteiger partial charge in [0.1, 0.15) is 6.26 Å². The van der Waals surface area contributed by atoms with Gasteiger partial charge in [0.05, 0.1) is 12.6 Å². The molecule has 1 aliphatic rings. The van der Waals surface area contributed by atoms with Crippen LogP contribution in [0.4, 0.5) is 0 Å². The molecule has 1 N–H and O–H groups in total. The van der Waals surface area contributed by atoms with Crippen LogP contribution in [0.15, 0.2) is 65.3 Å². The fourth-order valence-corrected chi connectivity index (χ4v) is 3.82. The lowest BCUT2D eigenvalue weighted by atomic mass is 10.1. The molecule has 0 saturated carbocycles. The summed E-state index contributed by atoms with van der Waals surface area (Å²) >= 11 is 0. The van der Waals surface area contributed by atoms with E-state index >= 15 is 0 Å². The van der Waals surface area contributed by atoms with Crippen molar-refractivity contribution in [2.24, 2.45) is 0 Å². The van der Waals surface area contributed by atoms with Crippen LogP contribution in [0.25, 0.3) is 0 Å². The second-order valence-corrected chi connectivity index (χ2v) is 8.03. The van der Waals surface area contributed by atoms with E-state index in [0.29, 0.717) is 24.7 Å². The van der Waals surface area contributed by atoms with Gasteiger partial charge in [0, 0.05) is 26.2 Å². The Morgan fingerprint density at radius 1 is 1.10 bits per heavy atom. The van der Waals surface area contributed by atoms with Crippen LogP contribution in [0, 0.1) is 6.92 Å². The minimum Gasteiger partial charge on any atom is -0.447 e. The molecule has 3 aromatic rings. The number of ether oxygens (including phenoxy) is 1. The van der Waals surface area contributed by atoms with Gasteiger partial charge in [0.25, 0.3) is 5.91 Å². The van der Waals surface area contributed by atoms with Crippen LogP contribution in [-0.2, 0) is 24.4 Å². The third-order valence-corrected chi connectivity index (χ3v) is 5.56. The SMILES string of the molecule is Cc1ccccc1CN(Cc1ccccc1)Cc1nc(C(=O)NCC2CCCO2)co1. The summed E-state index contributed by atoms with van der Waals surface area (Å²) in [5, 5.41) is 2.89. The number of rotatable bonds is 9. The van der Waals surface area contributed by atoms with E-state index in [1.54, 1.807) is 0 Å². The molecule has 2 aromatic carbocycles. The fraction of sp³-hybridized carbons (Fsp3) is 0.360. The molecule has 1 atom stereocenters. The first-order valence-corrected chi connectivity index (χ1v) is 10.8. The van der Waals surface area contributed by atoms with Gasteiger partial charge in [-0.15, -0.1) is 0 Å². The molecule has 0 aliphatic carbocycles. The molecule has 0 spiro atoms. The molecule has 6 heteroatoms. The van der Waals surface area contributed by atoms with E-state index in [2.05, 4.69) is 58.5 Å². The largest absolute Gasteiger partial charge is 0.447 e. The van der Waals surface area contributed by atoms with Crippen LogP contribution < -0.4 is 5.32 Å². The molecule has 1 fully saturated rings. The van der Waals surface area contributed by atoms with Gasteiger partial charge >= 0.3 is 0 Å². The van der Waals surface area contributed by atoms with Gasteiger partial charge in [0.15, 0.2) is 5.69 Å². The molecular weight excluding hydrogens is 390 g/mol. The quantitative estimate of drug-likeness (QED) is 0.566. The Kier molecular flexibility index (Phi) is 7.12. The van der Waals surface area contributed by atoms with Gasteiger partial charge in [0.2, 0.25) is 5.89 Å². The number of nitrogens with one attached hydrogen (secondary N) is 1. The molecule has 0 radical (unpaired) electrons. The van der Waals surface area contributed by atoms with Gasteiger partial charge in [-0.2, -0.15) is 0 Å². The Hall–Kier alpha value is -2.96. The van der Waals surface area contributed by atoms with E-state index in [1.165, 1.54) is 23.0 Å². The molecule has 1 aromatic heterocycles. The summed E-state index contributed by atoms with van der Waals surface area (Å²) in [5.41, 5.74) is 4.04. The number of aryl methyl sites for hydroxylation is 1. The molecule has 1 unspecified atom stereocenters. The number of hydrogen-bond donors (Lipinski definition) is 1. The maximum absolute atomic E-state index is 12.4. The lowest BCUT2D eigenvalue weighted by Gasteiger charge is -2.22. The third kappa shape index (κ3) is 6.03. The molecular formula is C25H29N3O3. The molecule has 1 aliphatic heterocycles. The van der Waals surface area contributed by atoms with E-state index in [-0.39, 0.29) is 12.0 Å². The van der Waals surface area contributed by atoms with Crippen molar-refractivity contribution in [1.29, 1.82) is 0 Å². The highest BCUT2D eigenvalue weighted by molar-refractivity contribution is 5.91. The number of carbonyl (C=O) groups excluding carboxylic acids is 1. The third-order valence-electron chi connectivity index (χ3n) is 5.56. The number of oxazole rings is 1. The van der Waals surface area contributed by atoms with E-state index in [0.717, 1.165) is 32.5 Å². The molecule has 6 nitrogen and oxygen atoms in total. The number of hydrogen-bond acceptors (Lipinski definition) is 5. The molecule has 1 amide bonds. The average molecular weight is 420 g/mol. The van der Waals surface area contributed by atoms with E-state index in [4.69, 9.17) is 9.15 Å².